The van der Waals surface area contributed by atoms with Crippen LogP contribution in [-0.2, 0) is 0 Å². The molecule has 3 nitrogen and oxygen atoms in total. The monoisotopic (exact) mass is 862 g/mol. The lowest BCUT2D eigenvalue weighted by atomic mass is 9.92. The molecule has 2 atom stereocenters. The van der Waals surface area contributed by atoms with E-state index in [1.807, 2.05) is 0 Å². The van der Waals surface area contributed by atoms with Crippen LogP contribution in [0.15, 0.2) is 252 Å². The third-order valence-corrected chi connectivity index (χ3v) is 19.4. The van der Waals surface area contributed by atoms with Gasteiger partial charge in [0.15, 0.2) is 8.07 Å². The number of benzene rings is 9. The molecule has 9 aromatic carbocycles. The van der Waals surface area contributed by atoms with Gasteiger partial charge in [-0.3, -0.25) is 0 Å². The van der Waals surface area contributed by atoms with Crippen LogP contribution in [0.3, 0.4) is 0 Å². The van der Waals surface area contributed by atoms with Crippen LogP contribution >= 0.6 is 0 Å². The highest BCUT2D eigenvalue weighted by atomic mass is 28.3. The summed E-state index contributed by atoms with van der Waals surface area (Å²) in [7, 11) is -2.93. The molecule has 0 spiro atoms. The van der Waals surface area contributed by atoms with Crippen LogP contribution in [0.1, 0.15) is 18.4 Å². The Labute approximate surface area is 386 Å². The molecule has 66 heavy (non-hydrogen) atoms. The van der Waals surface area contributed by atoms with Gasteiger partial charge in [-0.15, -0.1) is 0 Å². The zero-order valence-electron chi connectivity index (χ0n) is 36.5. The van der Waals surface area contributed by atoms with Gasteiger partial charge < -0.3 is 14.2 Å². The lowest BCUT2D eigenvalue weighted by Gasteiger charge is -2.42. The Morgan fingerprint density at radius 3 is 1.74 bits per heavy atom. The van der Waals surface area contributed by atoms with E-state index in [0.717, 1.165) is 34.8 Å². The predicted molar refractivity (Wildman–Crippen MR) is 281 cm³/mol. The van der Waals surface area contributed by atoms with Crippen molar-refractivity contribution in [3.8, 4) is 0 Å². The van der Waals surface area contributed by atoms with Crippen LogP contribution in [0.25, 0.3) is 49.1 Å². The van der Waals surface area contributed by atoms with Gasteiger partial charge >= 0.3 is 0 Å². The fourth-order valence-corrected chi connectivity index (χ4v) is 17.1. The Bertz CT molecular complexity index is 3510. The van der Waals surface area contributed by atoms with Gasteiger partial charge in [0.1, 0.15) is 11.2 Å². The first kappa shape index (κ1) is 38.5. The summed E-state index contributed by atoms with van der Waals surface area (Å²) in [4.78, 5) is 5.27. The van der Waals surface area contributed by atoms with Crippen molar-refractivity contribution in [2.24, 2.45) is 0 Å². The molecule has 3 aliphatic rings. The maximum Gasteiger partial charge on any atom is 0.177 e. The van der Waals surface area contributed by atoms with Crippen LogP contribution in [0.5, 0.6) is 0 Å². The molecular weight excluding hydrogens is 817 g/mol. The maximum absolute atomic E-state index is 6.37. The second kappa shape index (κ2) is 15.7. The Hall–Kier alpha value is -7.92. The minimum atomic E-state index is -2.93. The molecule has 10 aromatic rings. The molecular formula is C62H46N2OSi. The van der Waals surface area contributed by atoms with E-state index in [0.29, 0.717) is 0 Å². The number of hydrogen-bond acceptors (Lipinski definition) is 3. The number of fused-ring (bicyclic) bond motifs is 7. The lowest BCUT2D eigenvalue weighted by molar-refractivity contribution is 0.613. The van der Waals surface area contributed by atoms with Crippen LogP contribution in [0.4, 0.5) is 22.7 Å². The average Bonchev–Trinajstić information content (AvgIpc) is 3.91. The summed E-state index contributed by atoms with van der Waals surface area (Å²) < 4.78 is 6.37. The third-order valence-electron chi connectivity index (χ3n) is 14.4. The smallest absolute Gasteiger partial charge is 0.177 e. The second-order valence-corrected chi connectivity index (χ2v) is 21.6. The molecule has 2 aliphatic carbocycles. The molecule has 0 bridgehead atoms. The Morgan fingerprint density at radius 1 is 0.470 bits per heavy atom. The molecule has 0 fully saturated rings. The van der Waals surface area contributed by atoms with E-state index < -0.39 is 8.07 Å². The number of furan rings is 1. The van der Waals surface area contributed by atoms with Gasteiger partial charge in [-0.2, -0.15) is 0 Å². The van der Waals surface area contributed by atoms with Gasteiger partial charge in [-0.05, 0) is 87.2 Å². The van der Waals surface area contributed by atoms with Gasteiger partial charge in [0.2, 0.25) is 0 Å². The maximum atomic E-state index is 6.37. The Balaban J connectivity index is 1.07. The molecule has 0 saturated heterocycles. The number of allylic oxidation sites excluding steroid dienone is 4. The Kier molecular flexibility index (Phi) is 9.14. The lowest BCUT2D eigenvalue weighted by Crippen LogP contribution is -2.68. The van der Waals surface area contributed by atoms with Gasteiger partial charge in [-0.1, -0.05) is 205 Å². The summed E-state index contributed by atoms with van der Waals surface area (Å²) in [6, 6.07) is 76.9. The highest BCUT2D eigenvalue weighted by Gasteiger charge is 2.52. The molecule has 2 heterocycles. The van der Waals surface area contributed by atoms with Crippen molar-refractivity contribution in [1.29, 1.82) is 0 Å². The van der Waals surface area contributed by atoms with Crippen molar-refractivity contribution in [2.75, 3.05) is 9.80 Å². The van der Waals surface area contributed by atoms with Crippen LogP contribution in [-0.4, -0.2) is 20.2 Å². The van der Waals surface area contributed by atoms with Gasteiger partial charge in [0, 0.05) is 32.8 Å². The highest BCUT2D eigenvalue weighted by Crippen LogP contribution is 2.50. The van der Waals surface area contributed by atoms with Crippen molar-refractivity contribution >= 4 is 95.4 Å². The quantitative estimate of drug-likeness (QED) is 0.142. The molecule has 13 rings (SSSR count). The Morgan fingerprint density at radius 2 is 1.06 bits per heavy atom. The summed E-state index contributed by atoms with van der Waals surface area (Å²) in [6.45, 7) is 0. The van der Waals surface area contributed by atoms with E-state index in [1.165, 1.54) is 71.0 Å². The average molecular weight is 863 g/mol. The first-order valence-corrected chi connectivity index (χ1v) is 25.2. The van der Waals surface area contributed by atoms with Crippen LogP contribution in [0, 0.1) is 0 Å². The fourth-order valence-electron chi connectivity index (χ4n) is 11.6. The third kappa shape index (κ3) is 5.95. The molecule has 1 aliphatic heterocycles. The second-order valence-electron chi connectivity index (χ2n) is 17.8. The largest absolute Gasteiger partial charge is 0.456 e. The molecule has 0 N–H and O–H groups in total. The van der Waals surface area contributed by atoms with E-state index in [9.17, 15) is 0 Å². The summed E-state index contributed by atoms with van der Waals surface area (Å²) in [5, 5.41) is 13.0. The van der Waals surface area contributed by atoms with E-state index >= 15 is 0 Å². The van der Waals surface area contributed by atoms with Gasteiger partial charge in [-0.25, -0.2) is 0 Å². The molecule has 1 aromatic heterocycles. The number of para-hydroxylation sites is 1. The molecule has 0 amide bonds. The summed E-state index contributed by atoms with van der Waals surface area (Å²) in [6.07, 6.45) is 16.0. The predicted octanol–water partition coefficient (Wildman–Crippen LogP) is 13.9. The first-order valence-electron chi connectivity index (χ1n) is 23.2. The normalized spacial score (nSPS) is 17.2. The van der Waals surface area contributed by atoms with Crippen LogP contribution < -0.4 is 25.4 Å². The SMILES string of the molecule is C1=CCC(N(c2ccc3oc4ccccc4c3c2)C2C=CC3=C(C2)[Si](c2ccccc2)(c2ccccc2)c2cccc(N(c4cccc5ccccc45)c4cccc5ccccc45)c23)C=C1. The number of rotatable bonds is 8. The van der Waals surface area contributed by atoms with E-state index in [-0.39, 0.29) is 12.1 Å². The molecule has 314 valence electrons. The van der Waals surface area contributed by atoms with Crippen molar-refractivity contribution < 1.29 is 4.42 Å². The molecule has 0 radical (unpaired) electrons. The van der Waals surface area contributed by atoms with Crippen molar-refractivity contribution in [1.82, 2.24) is 0 Å². The molecule has 0 saturated carbocycles. The van der Waals surface area contributed by atoms with E-state index in [1.54, 1.807) is 5.20 Å². The first-order chi connectivity index (χ1) is 32.8. The number of hydrogen-bond donors (Lipinski definition) is 0. The highest BCUT2D eigenvalue weighted by molar-refractivity contribution is 7.18. The topological polar surface area (TPSA) is 19.6 Å². The van der Waals surface area contributed by atoms with Gasteiger partial charge in [0.05, 0.1) is 29.1 Å². The standard InChI is InChI=1S/C62H46N2OSi/c1-4-23-45(24-5-1)63(46-38-40-59-54(41-46)52-31-14-15-35-58(52)65-59)47-37-39-53-61(42-47)66(48-25-6-2-7-26-48,49-27-8-3-9-28-49)60-36-18-34-57(62(53)60)64(55-32-16-21-43-19-10-12-29-50(43)55)56-33-17-22-44-20-11-13-30-51(44)56/h1-23,25-41,45,47H,24,42H2. The van der Waals surface area contributed by atoms with Crippen LogP contribution in [0.2, 0.25) is 0 Å². The minimum Gasteiger partial charge on any atom is -0.456 e. The summed E-state index contributed by atoms with van der Waals surface area (Å²) in [5.74, 6) is 0. The number of anilines is 4. The minimum absolute atomic E-state index is 0.0878. The zero-order valence-corrected chi connectivity index (χ0v) is 37.5. The van der Waals surface area contributed by atoms with E-state index in [4.69, 9.17) is 4.42 Å². The van der Waals surface area contributed by atoms with Crippen molar-refractivity contribution in [3.63, 3.8) is 0 Å². The summed E-state index contributed by atoms with van der Waals surface area (Å²) in [5.41, 5.74) is 9.28. The van der Waals surface area contributed by atoms with Gasteiger partial charge in [0.25, 0.3) is 0 Å². The fraction of sp³-hybridized carbons (Fsp3) is 0.0645. The molecule has 4 heteroatoms. The van der Waals surface area contributed by atoms with E-state index in [2.05, 4.69) is 253 Å². The van der Waals surface area contributed by atoms with Crippen molar-refractivity contribution in [3.05, 3.63) is 253 Å². The summed E-state index contributed by atoms with van der Waals surface area (Å²) >= 11 is 0. The van der Waals surface area contributed by atoms with Crippen molar-refractivity contribution in [2.45, 2.75) is 24.9 Å². The zero-order chi connectivity index (χ0) is 43.6. The molecule has 2 unspecified atom stereocenters. The number of nitrogens with zero attached hydrogens (tertiary/aromatic N) is 2.